The molecule has 1 atom stereocenters. The summed E-state index contributed by atoms with van der Waals surface area (Å²) in [5, 5.41) is 2.84. The van der Waals surface area contributed by atoms with Gasteiger partial charge in [0.2, 0.25) is 5.91 Å². The third-order valence-corrected chi connectivity index (χ3v) is 4.00. The quantitative estimate of drug-likeness (QED) is 0.788. The highest BCUT2D eigenvalue weighted by molar-refractivity contribution is 5.96. The van der Waals surface area contributed by atoms with E-state index in [2.05, 4.69) is 5.32 Å². The number of hydrogen-bond donors (Lipinski definition) is 1. The molecule has 25 heavy (non-hydrogen) atoms. The maximum absolute atomic E-state index is 12.0. The van der Waals surface area contributed by atoms with Crippen molar-refractivity contribution in [1.82, 2.24) is 5.32 Å². The average Bonchev–Trinajstić information content (AvgIpc) is 2.67. The van der Waals surface area contributed by atoms with E-state index in [1.165, 1.54) is 0 Å². The Hall–Kier alpha value is -2.82. The van der Waals surface area contributed by atoms with Crippen LogP contribution in [-0.2, 0) is 4.79 Å². The van der Waals surface area contributed by atoms with Crippen LogP contribution in [0.5, 0.6) is 11.5 Å². The summed E-state index contributed by atoms with van der Waals surface area (Å²) >= 11 is 0. The summed E-state index contributed by atoms with van der Waals surface area (Å²) in [5.74, 6) is 1.41. The molecule has 5 nitrogen and oxygen atoms in total. The number of carbonyl (C=O) groups excluding carboxylic acids is 2. The molecule has 1 unspecified atom stereocenters. The van der Waals surface area contributed by atoms with Crippen molar-refractivity contribution in [3.63, 3.8) is 0 Å². The van der Waals surface area contributed by atoms with Gasteiger partial charge in [-0.2, -0.15) is 0 Å². The predicted molar refractivity (Wildman–Crippen MR) is 94.0 cm³/mol. The van der Waals surface area contributed by atoms with Gasteiger partial charge in [-0.1, -0.05) is 42.5 Å². The van der Waals surface area contributed by atoms with Crippen LogP contribution >= 0.6 is 0 Å². The molecule has 0 radical (unpaired) electrons. The molecule has 3 rings (SSSR count). The summed E-state index contributed by atoms with van der Waals surface area (Å²) in [6.07, 6.45) is 1.02. The number of rotatable bonds is 7. The highest BCUT2D eigenvalue weighted by Gasteiger charge is 2.20. The minimum Gasteiger partial charge on any atom is -0.486 e. The fraction of sp³-hybridized carbons (Fsp3) is 0.300. The van der Waals surface area contributed by atoms with Gasteiger partial charge in [0.1, 0.15) is 12.7 Å². The lowest BCUT2D eigenvalue weighted by molar-refractivity contribution is -0.121. The summed E-state index contributed by atoms with van der Waals surface area (Å²) in [6, 6.07) is 16.6. The Labute approximate surface area is 147 Å². The number of Topliss-reactive ketones (excluding diaryl/α,β-unsaturated/α-hetero) is 1. The smallest absolute Gasteiger partial charge is 0.220 e. The molecule has 2 aromatic carbocycles. The summed E-state index contributed by atoms with van der Waals surface area (Å²) in [4.78, 5) is 23.9. The molecule has 0 saturated carbocycles. The van der Waals surface area contributed by atoms with Gasteiger partial charge in [-0.05, 0) is 18.6 Å². The van der Waals surface area contributed by atoms with Gasteiger partial charge in [-0.15, -0.1) is 0 Å². The number of amides is 1. The molecular formula is C20H21NO4. The number of benzene rings is 2. The monoisotopic (exact) mass is 339 g/mol. The van der Waals surface area contributed by atoms with Crippen LogP contribution < -0.4 is 14.8 Å². The van der Waals surface area contributed by atoms with Gasteiger partial charge in [-0.25, -0.2) is 0 Å². The number of hydrogen-bond acceptors (Lipinski definition) is 4. The van der Waals surface area contributed by atoms with E-state index < -0.39 is 0 Å². The number of nitrogens with one attached hydrogen (secondary N) is 1. The summed E-state index contributed by atoms with van der Waals surface area (Å²) in [7, 11) is 0. The Balaban J connectivity index is 1.36. The van der Waals surface area contributed by atoms with Gasteiger partial charge in [0.15, 0.2) is 17.3 Å². The van der Waals surface area contributed by atoms with E-state index in [1.807, 2.05) is 42.5 Å². The maximum atomic E-state index is 12.0. The van der Waals surface area contributed by atoms with Crippen molar-refractivity contribution >= 4 is 11.7 Å². The van der Waals surface area contributed by atoms with Crippen molar-refractivity contribution in [2.75, 3.05) is 13.2 Å². The molecule has 1 heterocycles. The van der Waals surface area contributed by atoms with Crippen molar-refractivity contribution in [3.05, 3.63) is 60.2 Å². The summed E-state index contributed by atoms with van der Waals surface area (Å²) in [5.41, 5.74) is 0.689. The van der Waals surface area contributed by atoms with Crippen LogP contribution in [0.2, 0.25) is 0 Å². The number of carbonyl (C=O) groups is 2. The summed E-state index contributed by atoms with van der Waals surface area (Å²) < 4.78 is 11.4. The van der Waals surface area contributed by atoms with Gasteiger partial charge < -0.3 is 14.8 Å². The molecule has 130 valence electrons. The number of ether oxygens (including phenoxy) is 2. The van der Waals surface area contributed by atoms with Gasteiger partial charge >= 0.3 is 0 Å². The molecule has 0 saturated heterocycles. The van der Waals surface area contributed by atoms with Crippen LogP contribution in [0.25, 0.3) is 0 Å². The van der Waals surface area contributed by atoms with Crippen molar-refractivity contribution < 1.29 is 19.1 Å². The van der Waals surface area contributed by atoms with E-state index in [0.29, 0.717) is 43.7 Å². The van der Waals surface area contributed by atoms with Gasteiger partial charge in [0.05, 0.1) is 6.54 Å². The first-order chi connectivity index (χ1) is 12.2. The van der Waals surface area contributed by atoms with Crippen LogP contribution in [-0.4, -0.2) is 30.9 Å². The number of para-hydroxylation sites is 2. The third kappa shape index (κ3) is 4.83. The van der Waals surface area contributed by atoms with E-state index in [0.717, 1.165) is 5.75 Å². The first-order valence-corrected chi connectivity index (χ1v) is 8.46. The van der Waals surface area contributed by atoms with Crippen molar-refractivity contribution in [3.8, 4) is 11.5 Å². The van der Waals surface area contributed by atoms with E-state index in [4.69, 9.17) is 9.47 Å². The lowest BCUT2D eigenvalue weighted by atomic mass is 10.1. The Morgan fingerprint density at radius 3 is 2.48 bits per heavy atom. The summed E-state index contributed by atoms with van der Waals surface area (Å²) in [6.45, 7) is 0.795. The second-order valence-electron chi connectivity index (χ2n) is 5.94. The SMILES string of the molecule is O=C(CCCC(=O)c1ccccc1)NCC1COc2ccccc2O1. The second kappa shape index (κ2) is 8.33. The zero-order valence-corrected chi connectivity index (χ0v) is 13.9. The number of fused-ring (bicyclic) bond motifs is 1. The molecule has 5 heteroatoms. The third-order valence-electron chi connectivity index (χ3n) is 4.00. The minimum absolute atomic E-state index is 0.0639. The average molecular weight is 339 g/mol. The fourth-order valence-electron chi connectivity index (χ4n) is 2.66. The first-order valence-electron chi connectivity index (χ1n) is 8.46. The largest absolute Gasteiger partial charge is 0.486 e. The zero-order valence-electron chi connectivity index (χ0n) is 13.9. The van der Waals surface area contributed by atoms with Crippen LogP contribution in [0, 0.1) is 0 Å². The van der Waals surface area contributed by atoms with Crippen molar-refractivity contribution in [2.45, 2.75) is 25.4 Å². The molecular weight excluding hydrogens is 318 g/mol. The van der Waals surface area contributed by atoms with Crippen molar-refractivity contribution in [1.29, 1.82) is 0 Å². The van der Waals surface area contributed by atoms with Gasteiger partial charge in [0, 0.05) is 18.4 Å². The Morgan fingerprint density at radius 1 is 0.960 bits per heavy atom. The molecule has 1 amide bonds. The topological polar surface area (TPSA) is 64.6 Å². The highest BCUT2D eigenvalue weighted by atomic mass is 16.6. The zero-order chi connectivity index (χ0) is 17.5. The van der Waals surface area contributed by atoms with Crippen LogP contribution in [0.15, 0.2) is 54.6 Å². The first kappa shape index (κ1) is 17.0. The molecule has 2 aromatic rings. The highest BCUT2D eigenvalue weighted by Crippen LogP contribution is 2.30. The van der Waals surface area contributed by atoms with Crippen LogP contribution in [0.3, 0.4) is 0 Å². The van der Waals surface area contributed by atoms with E-state index in [1.54, 1.807) is 12.1 Å². The molecule has 0 aromatic heterocycles. The lowest BCUT2D eigenvalue weighted by Gasteiger charge is -2.26. The molecule has 1 N–H and O–H groups in total. The Morgan fingerprint density at radius 2 is 1.68 bits per heavy atom. The fourth-order valence-corrected chi connectivity index (χ4v) is 2.66. The van der Waals surface area contributed by atoms with Crippen LogP contribution in [0.1, 0.15) is 29.6 Å². The maximum Gasteiger partial charge on any atom is 0.220 e. The van der Waals surface area contributed by atoms with Crippen LogP contribution in [0.4, 0.5) is 0 Å². The molecule has 0 bridgehead atoms. The number of ketones is 1. The van der Waals surface area contributed by atoms with E-state index >= 15 is 0 Å². The van der Waals surface area contributed by atoms with Crippen molar-refractivity contribution in [2.24, 2.45) is 0 Å². The molecule has 1 aliphatic rings. The molecule has 0 spiro atoms. The van der Waals surface area contributed by atoms with Gasteiger partial charge in [0.25, 0.3) is 0 Å². The Bertz CT molecular complexity index is 729. The van der Waals surface area contributed by atoms with E-state index in [-0.39, 0.29) is 17.8 Å². The molecule has 1 aliphatic heterocycles. The second-order valence-corrected chi connectivity index (χ2v) is 5.94. The lowest BCUT2D eigenvalue weighted by Crippen LogP contribution is -2.40. The Kier molecular flexibility index (Phi) is 5.67. The minimum atomic E-state index is -0.204. The molecule has 0 fully saturated rings. The standard InChI is InChI=1S/C20H21NO4/c22-17(15-7-2-1-3-8-15)9-6-12-20(23)21-13-16-14-24-18-10-4-5-11-19(18)25-16/h1-5,7-8,10-11,16H,6,9,12-14H2,(H,21,23). The van der Waals surface area contributed by atoms with E-state index in [9.17, 15) is 9.59 Å². The molecule has 0 aliphatic carbocycles. The normalized spacial score (nSPS) is 15.4. The van der Waals surface area contributed by atoms with Gasteiger partial charge in [-0.3, -0.25) is 9.59 Å². The predicted octanol–water partition coefficient (Wildman–Crippen LogP) is 3.00.